The number of anilines is 2. The van der Waals surface area contributed by atoms with Gasteiger partial charge < -0.3 is 20.5 Å². The van der Waals surface area contributed by atoms with Gasteiger partial charge in [0.1, 0.15) is 17.6 Å². The van der Waals surface area contributed by atoms with Gasteiger partial charge in [0.2, 0.25) is 17.7 Å². The van der Waals surface area contributed by atoms with Crippen molar-refractivity contribution in [3.05, 3.63) is 84.1 Å². The van der Waals surface area contributed by atoms with E-state index in [1.807, 2.05) is 19.1 Å². The number of amides is 3. The summed E-state index contributed by atoms with van der Waals surface area (Å²) in [5.74, 6) is -0.752. The molecule has 2 aromatic carbocycles. The van der Waals surface area contributed by atoms with Crippen molar-refractivity contribution in [3.63, 3.8) is 0 Å². The van der Waals surface area contributed by atoms with E-state index in [2.05, 4.69) is 15.6 Å². The van der Waals surface area contributed by atoms with Crippen molar-refractivity contribution in [1.82, 2.24) is 10.3 Å². The van der Waals surface area contributed by atoms with Crippen LogP contribution < -0.4 is 15.5 Å². The van der Waals surface area contributed by atoms with Gasteiger partial charge in [-0.2, -0.15) is 0 Å². The minimum Gasteiger partial charge on any atom is -0.508 e. The maximum atomic E-state index is 13.6. The second-order valence-corrected chi connectivity index (χ2v) is 8.14. The summed E-state index contributed by atoms with van der Waals surface area (Å²) in [5, 5.41) is 15.2. The molecular formula is C27H30N4O5. The first-order chi connectivity index (χ1) is 17.4. The molecule has 9 heteroatoms. The molecule has 0 aliphatic rings. The highest BCUT2D eigenvalue weighted by atomic mass is 16.5. The monoisotopic (exact) mass is 490 g/mol. The number of benzene rings is 2. The molecule has 0 radical (unpaired) electrons. The third-order valence-corrected chi connectivity index (χ3v) is 5.40. The number of methoxy groups -OCH3 is 1. The van der Waals surface area contributed by atoms with Crippen LogP contribution in [-0.2, 0) is 19.1 Å². The van der Waals surface area contributed by atoms with Crippen LogP contribution in [0.25, 0.3) is 0 Å². The Morgan fingerprint density at radius 1 is 1.00 bits per heavy atom. The maximum Gasteiger partial charge on any atom is 0.247 e. The quantitative estimate of drug-likeness (QED) is 0.355. The molecule has 0 bridgehead atoms. The van der Waals surface area contributed by atoms with E-state index in [1.165, 1.54) is 24.1 Å². The standard InChI is InChI=1S/C27H30N4O5/c1-19-6-10-21(11-7-19)31(25(34)15-14-24(33)30-23-5-3-4-16-28-23)26(27(35)29-17-18-36-2)20-8-12-22(32)13-9-20/h3-13,16,26,32H,14-15,17-18H2,1-2H3,(H,29,35)(H,28,30,33)/t26-/m1/s1. The lowest BCUT2D eigenvalue weighted by Gasteiger charge is -2.31. The van der Waals surface area contributed by atoms with Gasteiger partial charge in [0.05, 0.1) is 6.61 Å². The number of nitrogens with one attached hydrogen (secondary N) is 2. The molecule has 3 aromatic rings. The Labute approximate surface area is 210 Å². The number of carbonyl (C=O) groups excluding carboxylic acids is 3. The molecule has 0 aliphatic heterocycles. The van der Waals surface area contributed by atoms with Crippen molar-refractivity contribution in [1.29, 1.82) is 0 Å². The van der Waals surface area contributed by atoms with Crippen LogP contribution in [0, 0.1) is 6.92 Å². The smallest absolute Gasteiger partial charge is 0.247 e. The normalized spacial score (nSPS) is 11.4. The second-order valence-electron chi connectivity index (χ2n) is 8.14. The van der Waals surface area contributed by atoms with Gasteiger partial charge in [0, 0.05) is 38.4 Å². The number of hydrogen-bond donors (Lipinski definition) is 3. The van der Waals surface area contributed by atoms with E-state index in [4.69, 9.17) is 4.74 Å². The number of rotatable bonds is 11. The number of nitrogens with zero attached hydrogens (tertiary/aromatic N) is 2. The number of aromatic hydroxyl groups is 1. The van der Waals surface area contributed by atoms with Gasteiger partial charge in [-0.05, 0) is 48.9 Å². The molecule has 1 atom stereocenters. The number of aryl methyl sites for hydroxylation is 1. The van der Waals surface area contributed by atoms with E-state index in [0.29, 0.717) is 23.7 Å². The zero-order valence-electron chi connectivity index (χ0n) is 20.3. The van der Waals surface area contributed by atoms with Gasteiger partial charge in [-0.25, -0.2) is 4.98 Å². The fraction of sp³-hybridized carbons (Fsp3) is 0.259. The molecule has 188 valence electrons. The van der Waals surface area contributed by atoms with Gasteiger partial charge in [-0.15, -0.1) is 0 Å². The largest absolute Gasteiger partial charge is 0.508 e. The Morgan fingerprint density at radius 2 is 1.72 bits per heavy atom. The topological polar surface area (TPSA) is 121 Å². The number of phenols is 1. The second kappa shape index (κ2) is 13.0. The summed E-state index contributed by atoms with van der Waals surface area (Å²) < 4.78 is 5.04. The number of hydrogen-bond acceptors (Lipinski definition) is 6. The lowest BCUT2D eigenvalue weighted by atomic mass is 10.0. The van der Waals surface area contributed by atoms with Gasteiger partial charge in [0.25, 0.3) is 0 Å². The maximum absolute atomic E-state index is 13.6. The molecular weight excluding hydrogens is 460 g/mol. The molecule has 0 unspecified atom stereocenters. The summed E-state index contributed by atoms with van der Waals surface area (Å²) in [6.07, 6.45) is 1.34. The van der Waals surface area contributed by atoms with E-state index in [1.54, 1.807) is 48.7 Å². The fourth-order valence-corrected chi connectivity index (χ4v) is 3.57. The van der Waals surface area contributed by atoms with Crippen molar-refractivity contribution in [3.8, 4) is 5.75 Å². The van der Waals surface area contributed by atoms with Crippen LogP contribution in [0.2, 0.25) is 0 Å². The molecule has 3 rings (SSSR count). The molecule has 0 aliphatic carbocycles. The summed E-state index contributed by atoms with van der Waals surface area (Å²) in [6.45, 7) is 2.49. The van der Waals surface area contributed by atoms with Crippen molar-refractivity contribution < 1.29 is 24.2 Å². The van der Waals surface area contributed by atoms with Crippen molar-refractivity contribution >= 4 is 29.2 Å². The fourth-order valence-electron chi connectivity index (χ4n) is 3.57. The van der Waals surface area contributed by atoms with Gasteiger partial charge in [-0.1, -0.05) is 35.9 Å². The molecule has 0 spiro atoms. The number of carbonyl (C=O) groups is 3. The number of ether oxygens (including phenoxy) is 1. The third-order valence-electron chi connectivity index (χ3n) is 5.40. The highest BCUT2D eigenvalue weighted by molar-refractivity contribution is 6.03. The molecule has 0 fully saturated rings. The van der Waals surface area contributed by atoms with Crippen LogP contribution in [0.1, 0.15) is 30.0 Å². The summed E-state index contributed by atoms with van der Waals surface area (Å²) in [6, 6.07) is 17.4. The highest BCUT2D eigenvalue weighted by Gasteiger charge is 2.32. The Morgan fingerprint density at radius 3 is 2.36 bits per heavy atom. The van der Waals surface area contributed by atoms with Crippen molar-refractivity contribution in [2.45, 2.75) is 25.8 Å². The van der Waals surface area contributed by atoms with Crippen LogP contribution >= 0.6 is 0 Å². The van der Waals surface area contributed by atoms with Crippen LogP contribution in [-0.4, -0.2) is 48.1 Å². The van der Waals surface area contributed by atoms with E-state index in [-0.39, 0.29) is 31.0 Å². The van der Waals surface area contributed by atoms with Crippen molar-refractivity contribution in [2.75, 3.05) is 30.5 Å². The summed E-state index contributed by atoms with van der Waals surface area (Å²) >= 11 is 0. The van der Waals surface area contributed by atoms with Gasteiger partial charge in [0.15, 0.2) is 0 Å². The molecule has 0 saturated heterocycles. The first kappa shape index (κ1) is 26.4. The number of aromatic nitrogens is 1. The van der Waals surface area contributed by atoms with Gasteiger partial charge in [-0.3, -0.25) is 19.3 Å². The van der Waals surface area contributed by atoms with Crippen LogP contribution in [0.3, 0.4) is 0 Å². The molecule has 3 amide bonds. The highest BCUT2D eigenvalue weighted by Crippen LogP contribution is 2.30. The summed E-state index contributed by atoms with van der Waals surface area (Å²) in [4.78, 5) is 44.9. The van der Waals surface area contributed by atoms with Gasteiger partial charge >= 0.3 is 0 Å². The van der Waals surface area contributed by atoms with E-state index in [0.717, 1.165) is 5.56 Å². The summed E-state index contributed by atoms with van der Waals surface area (Å²) in [7, 11) is 1.53. The molecule has 3 N–H and O–H groups in total. The predicted molar refractivity (Wildman–Crippen MR) is 136 cm³/mol. The lowest BCUT2D eigenvalue weighted by Crippen LogP contribution is -2.45. The first-order valence-electron chi connectivity index (χ1n) is 11.5. The van der Waals surface area contributed by atoms with Crippen molar-refractivity contribution in [2.24, 2.45) is 0 Å². The molecule has 1 heterocycles. The van der Waals surface area contributed by atoms with Crippen LogP contribution in [0.4, 0.5) is 11.5 Å². The SMILES string of the molecule is COCCNC(=O)[C@@H](c1ccc(O)cc1)N(C(=O)CCC(=O)Nc1ccccn1)c1ccc(C)cc1. The predicted octanol–water partition coefficient (Wildman–Crippen LogP) is 3.35. The molecule has 9 nitrogen and oxygen atoms in total. The number of phenolic OH excluding ortho intramolecular Hbond substituents is 1. The Kier molecular flexibility index (Phi) is 9.53. The Bertz CT molecular complexity index is 1150. The summed E-state index contributed by atoms with van der Waals surface area (Å²) in [5.41, 5.74) is 2.01. The third kappa shape index (κ3) is 7.38. The lowest BCUT2D eigenvalue weighted by molar-refractivity contribution is -0.127. The van der Waals surface area contributed by atoms with E-state index >= 15 is 0 Å². The van der Waals surface area contributed by atoms with Crippen LogP contribution in [0.5, 0.6) is 5.75 Å². The minimum absolute atomic E-state index is 0.0386. The Hall–Kier alpha value is -4.24. The zero-order valence-corrected chi connectivity index (χ0v) is 20.3. The Balaban J connectivity index is 1.89. The van der Waals surface area contributed by atoms with E-state index in [9.17, 15) is 19.5 Å². The molecule has 36 heavy (non-hydrogen) atoms. The average Bonchev–Trinajstić information content (AvgIpc) is 2.88. The first-order valence-corrected chi connectivity index (χ1v) is 11.5. The minimum atomic E-state index is -1.03. The number of pyridine rings is 1. The average molecular weight is 491 g/mol. The molecule has 0 saturated carbocycles. The zero-order chi connectivity index (χ0) is 25.9. The molecule has 1 aromatic heterocycles. The van der Waals surface area contributed by atoms with E-state index < -0.39 is 17.9 Å². The van der Waals surface area contributed by atoms with Crippen LogP contribution in [0.15, 0.2) is 72.9 Å².